The van der Waals surface area contributed by atoms with Crippen molar-refractivity contribution in [2.75, 3.05) is 11.9 Å². The molecule has 0 unspecified atom stereocenters. The van der Waals surface area contributed by atoms with Crippen molar-refractivity contribution >= 4 is 34.5 Å². The van der Waals surface area contributed by atoms with E-state index in [1.165, 1.54) is 11.3 Å². The van der Waals surface area contributed by atoms with Crippen LogP contribution in [0.25, 0.3) is 0 Å². The van der Waals surface area contributed by atoms with Crippen molar-refractivity contribution < 1.29 is 4.79 Å². The number of carbonyl (C=O) groups excluding carboxylic acids is 1. The van der Waals surface area contributed by atoms with E-state index in [1.807, 2.05) is 19.1 Å². The highest BCUT2D eigenvalue weighted by molar-refractivity contribution is 7.14. The molecular formula is C15H13ClN2OS. The molecule has 1 aromatic heterocycles. The quantitative estimate of drug-likeness (QED) is 0.837. The van der Waals surface area contributed by atoms with Crippen LogP contribution in [-0.4, -0.2) is 12.5 Å². The number of anilines is 1. The summed E-state index contributed by atoms with van der Waals surface area (Å²) >= 11 is 7.41. The van der Waals surface area contributed by atoms with Gasteiger partial charge in [-0.05, 0) is 36.8 Å². The molecule has 0 aliphatic rings. The minimum Gasteiger partial charge on any atom is -0.320 e. The molecule has 5 heteroatoms. The zero-order valence-electron chi connectivity index (χ0n) is 10.9. The fraction of sp³-hybridized carbons (Fsp3) is 0.133. The summed E-state index contributed by atoms with van der Waals surface area (Å²) in [6.45, 7) is 2.25. The SMILES string of the molecule is Cc1ccc(NC(=O)c2ccc(C#CCN)s2)c(Cl)c1. The third-order valence-corrected chi connectivity index (χ3v) is 3.83. The van der Waals surface area contributed by atoms with Gasteiger partial charge in [0.05, 0.1) is 27.0 Å². The average molecular weight is 305 g/mol. The summed E-state index contributed by atoms with van der Waals surface area (Å²) in [6.07, 6.45) is 0. The van der Waals surface area contributed by atoms with Gasteiger partial charge in [0.25, 0.3) is 5.91 Å². The van der Waals surface area contributed by atoms with E-state index in [2.05, 4.69) is 17.2 Å². The van der Waals surface area contributed by atoms with E-state index >= 15 is 0 Å². The summed E-state index contributed by atoms with van der Waals surface area (Å²) in [5.41, 5.74) is 6.96. The van der Waals surface area contributed by atoms with Crippen LogP contribution in [0.3, 0.4) is 0 Å². The zero-order chi connectivity index (χ0) is 14.5. The van der Waals surface area contributed by atoms with Crippen LogP contribution in [0.15, 0.2) is 30.3 Å². The Hall–Kier alpha value is -1.80. The van der Waals surface area contributed by atoms with Crippen LogP contribution in [0.4, 0.5) is 5.69 Å². The van der Waals surface area contributed by atoms with Crippen LogP contribution in [-0.2, 0) is 0 Å². The Balaban J connectivity index is 2.13. The number of aryl methyl sites for hydroxylation is 1. The number of nitrogens with one attached hydrogen (secondary N) is 1. The number of rotatable bonds is 2. The maximum atomic E-state index is 12.1. The van der Waals surface area contributed by atoms with Crippen molar-refractivity contribution in [3.8, 4) is 11.8 Å². The summed E-state index contributed by atoms with van der Waals surface area (Å²) in [7, 11) is 0. The van der Waals surface area contributed by atoms with Crippen LogP contribution >= 0.6 is 22.9 Å². The lowest BCUT2D eigenvalue weighted by Gasteiger charge is -2.06. The maximum absolute atomic E-state index is 12.1. The Morgan fingerprint density at radius 1 is 1.40 bits per heavy atom. The van der Waals surface area contributed by atoms with E-state index in [4.69, 9.17) is 17.3 Å². The van der Waals surface area contributed by atoms with Gasteiger partial charge >= 0.3 is 0 Å². The number of hydrogen-bond acceptors (Lipinski definition) is 3. The first-order chi connectivity index (χ1) is 9.60. The zero-order valence-corrected chi connectivity index (χ0v) is 12.4. The highest BCUT2D eigenvalue weighted by atomic mass is 35.5. The molecule has 20 heavy (non-hydrogen) atoms. The molecule has 0 spiro atoms. The van der Waals surface area contributed by atoms with Crippen LogP contribution in [0.1, 0.15) is 20.1 Å². The lowest BCUT2D eigenvalue weighted by Crippen LogP contribution is -2.10. The molecule has 3 nitrogen and oxygen atoms in total. The minimum atomic E-state index is -0.193. The van der Waals surface area contributed by atoms with Gasteiger partial charge in [-0.1, -0.05) is 29.5 Å². The largest absolute Gasteiger partial charge is 0.320 e. The molecule has 0 saturated carbocycles. The fourth-order valence-corrected chi connectivity index (χ4v) is 2.63. The average Bonchev–Trinajstić information content (AvgIpc) is 2.88. The molecule has 0 fully saturated rings. The summed E-state index contributed by atoms with van der Waals surface area (Å²) in [5, 5.41) is 3.32. The van der Waals surface area contributed by atoms with Gasteiger partial charge in [0.15, 0.2) is 0 Å². The van der Waals surface area contributed by atoms with Gasteiger partial charge < -0.3 is 11.1 Å². The van der Waals surface area contributed by atoms with Gasteiger partial charge in [-0.25, -0.2) is 0 Å². The van der Waals surface area contributed by atoms with Gasteiger partial charge in [-0.2, -0.15) is 0 Å². The second kappa shape index (κ2) is 6.58. The predicted octanol–water partition coefficient (Wildman–Crippen LogP) is 3.27. The summed E-state index contributed by atoms with van der Waals surface area (Å²) in [4.78, 5) is 13.5. The lowest BCUT2D eigenvalue weighted by atomic mass is 10.2. The van der Waals surface area contributed by atoms with Gasteiger partial charge in [-0.3, -0.25) is 4.79 Å². The Kier molecular flexibility index (Phi) is 4.80. The Morgan fingerprint density at radius 3 is 2.90 bits per heavy atom. The van der Waals surface area contributed by atoms with Crippen molar-refractivity contribution in [2.24, 2.45) is 5.73 Å². The number of thiophene rings is 1. The molecule has 102 valence electrons. The number of amides is 1. The van der Waals surface area contributed by atoms with E-state index in [0.29, 0.717) is 22.1 Å². The van der Waals surface area contributed by atoms with E-state index in [0.717, 1.165) is 10.4 Å². The highest BCUT2D eigenvalue weighted by Gasteiger charge is 2.10. The highest BCUT2D eigenvalue weighted by Crippen LogP contribution is 2.24. The van der Waals surface area contributed by atoms with Gasteiger partial charge in [-0.15, -0.1) is 11.3 Å². The van der Waals surface area contributed by atoms with E-state index in [9.17, 15) is 4.79 Å². The smallest absolute Gasteiger partial charge is 0.265 e. The monoisotopic (exact) mass is 304 g/mol. The molecule has 0 bridgehead atoms. The van der Waals surface area contributed by atoms with Crippen molar-refractivity contribution in [2.45, 2.75) is 6.92 Å². The number of hydrogen-bond donors (Lipinski definition) is 2. The van der Waals surface area contributed by atoms with Crippen molar-refractivity contribution in [3.63, 3.8) is 0 Å². The second-order valence-corrected chi connectivity index (χ2v) is 5.60. The Bertz CT molecular complexity index is 697. The number of carbonyl (C=O) groups is 1. The molecule has 1 aromatic carbocycles. The molecule has 0 aliphatic carbocycles. The van der Waals surface area contributed by atoms with E-state index < -0.39 is 0 Å². The van der Waals surface area contributed by atoms with Crippen LogP contribution in [0, 0.1) is 18.8 Å². The van der Waals surface area contributed by atoms with Crippen molar-refractivity contribution in [1.29, 1.82) is 0 Å². The number of halogens is 1. The van der Waals surface area contributed by atoms with Gasteiger partial charge in [0.2, 0.25) is 0 Å². The molecule has 0 atom stereocenters. The van der Waals surface area contributed by atoms with E-state index in [1.54, 1.807) is 18.2 Å². The molecule has 0 saturated heterocycles. The fourth-order valence-electron chi connectivity index (χ4n) is 1.57. The van der Waals surface area contributed by atoms with Gasteiger partial charge in [0.1, 0.15) is 0 Å². The first-order valence-electron chi connectivity index (χ1n) is 5.96. The molecule has 1 heterocycles. The normalized spacial score (nSPS) is 9.75. The molecule has 1 amide bonds. The summed E-state index contributed by atoms with van der Waals surface area (Å²) in [5.74, 6) is 5.46. The maximum Gasteiger partial charge on any atom is 0.265 e. The Morgan fingerprint density at radius 2 is 2.20 bits per heavy atom. The molecule has 0 radical (unpaired) electrons. The topological polar surface area (TPSA) is 55.1 Å². The molecule has 0 aliphatic heterocycles. The van der Waals surface area contributed by atoms with Crippen molar-refractivity contribution in [3.05, 3.63) is 50.7 Å². The molecule has 2 rings (SSSR count). The number of nitrogens with two attached hydrogens (primary N) is 1. The molecular weight excluding hydrogens is 292 g/mol. The predicted molar refractivity (Wildman–Crippen MR) is 84.4 cm³/mol. The minimum absolute atomic E-state index is 0.193. The third kappa shape index (κ3) is 3.61. The van der Waals surface area contributed by atoms with Crippen LogP contribution in [0.2, 0.25) is 5.02 Å². The van der Waals surface area contributed by atoms with E-state index in [-0.39, 0.29) is 5.91 Å². The van der Waals surface area contributed by atoms with Gasteiger partial charge in [0, 0.05) is 0 Å². The molecule has 3 N–H and O–H groups in total. The van der Waals surface area contributed by atoms with Crippen molar-refractivity contribution in [1.82, 2.24) is 0 Å². The van der Waals surface area contributed by atoms with Crippen LogP contribution in [0.5, 0.6) is 0 Å². The lowest BCUT2D eigenvalue weighted by molar-refractivity contribution is 0.103. The third-order valence-electron chi connectivity index (χ3n) is 2.52. The standard InChI is InChI=1S/C15H13ClN2OS/c1-10-4-6-13(12(16)9-10)18-15(19)14-7-5-11(20-14)3-2-8-17/h4-7,9H,8,17H2,1H3,(H,18,19). The summed E-state index contributed by atoms with van der Waals surface area (Å²) < 4.78 is 0. The molecule has 2 aromatic rings. The second-order valence-electron chi connectivity index (χ2n) is 4.11. The summed E-state index contributed by atoms with van der Waals surface area (Å²) in [6, 6.07) is 9.04. The first kappa shape index (κ1) is 14.6. The first-order valence-corrected chi connectivity index (χ1v) is 7.16. The van der Waals surface area contributed by atoms with Crippen LogP contribution < -0.4 is 11.1 Å². The number of benzene rings is 1. The Labute approximate surface area is 126 Å².